The Morgan fingerprint density at radius 1 is 1.06 bits per heavy atom. The minimum absolute atomic E-state index is 0.0307. The zero-order valence-electron chi connectivity index (χ0n) is 27.1. The number of aromatic nitrogens is 4. The van der Waals surface area contributed by atoms with Gasteiger partial charge in [-0.15, -0.1) is 0 Å². The molecule has 49 heavy (non-hydrogen) atoms. The van der Waals surface area contributed by atoms with E-state index in [4.69, 9.17) is 32.9 Å². The third-order valence-corrected chi connectivity index (χ3v) is 8.54. The van der Waals surface area contributed by atoms with Gasteiger partial charge >= 0.3 is 0 Å². The second-order valence-electron chi connectivity index (χ2n) is 11.1. The Hall–Kier alpha value is -5.04. The molecule has 3 N–H and O–H groups in total. The molecule has 5 aromatic rings. The van der Waals surface area contributed by atoms with Crippen LogP contribution >= 0.6 is 23.2 Å². The first-order valence-electron chi connectivity index (χ1n) is 15.5. The van der Waals surface area contributed by atoms with E-state index in [9.17, 15) is 19.5 Å². The van der Waals surface area contributed by atoms with Gasteiger partial charge in [0.15, 0.2) is 11.4 Å². The van der Waals surface area contributed by atoms with E-state index in [1.165, 1.54) is 11.8 Å². The molecule has 0 aliphatic carbocycles. The number of halogens is 2. The Kier molecular flexibility index (Phi) is 11.4. The van der Waals surface area contributed by atoms with Gasteiger partial charge in [-0.05, 0) is 60.9 Å². The van der Waals surface area contributed by atoms with Crippen molar-refractivity contribution in [3.63, 3.8) is 0 Å². The van der Waals surface area contributed by atoms with Crippen molar-refractivity contribution in [3.05, 3.63) is 111 Å². The number of ether oxygens (including phenoxy) is 1. The lowest BCUT2D eigenvalue weighted by Gasteiger charge is -2.21. The molecule has 4 aromatic heterocycles. The summed E-state index contributed by atoms with van der Waals surface area (Å²) in [6.07, 6.45) is 5.16. The summed E-state index contributed by atoms with van der Waals surface area (Å²) in [6.45, 7) is 3.08. The number of likely N-dealkylation sites (N-methyl/N-ethyl adjacent to an activating group) is 1. The van der Waals surface area contributed by atoms with Gasteiger partial charge in [0.1, 0.15) is 18.5 Å². The van der Waals surface area contributed by atoms with Crippen LogP contribution < -0.4 is 20.3 Å². The minimum atomic E-state index is -0.994. The van der Waals surface area contributed by atoms with E-state index in [1.54, 1.807) is 78.6 Å². The monoisotopic (exact) mass is 703 g/mol. The SMILES string of the molecule is CCc1nc2c(OCc3c(Cl)ccc(N(C)C(=O)CNC(=O)CCc4ccc(NC(C)=O)nc4)c3Cl)cccn2c1C(O)c1ccccn1. The maximum absolute atomic E-state index is 13.1. The standard InChI is InChI=1S/C35H35Cl2N7O5/c1-4-25-33(34(48)26-8-5-6-16-38-26)44-17-7-9-28(35(44)42-25)49-20-23-24(36)12-13-27(32(23)37)43(3)31(47)19-40-30(46)15-11-22-10-14-29(39-18-22)41-21(2)45/h5-10,12-14,16-18,34,48H,4,11,15,19-20H2,1-3H3,(H,40,46)(H,39,41,45). The predicted octanol–water partition coefficient (Wildman–Crippen LogP) is 5.32. The second kappa shape index (κ2) is 15.9. The molecule has 14 heteroatoms. The Balaban J connectivity index is 1.23. The highest BCUT2D eigenvalue weighted by Crippen LogP contribution is 2.36. The summed E-state index contributed by atoms with van der Waals surface area (Å²) in [7, 11) is 1.56. The van der Waals surface area contributed by atoms with Gasteiger partial charge in [0, 0.05) is 49.6 Å². The van der Waals surface area contributed by atoms with Crippen LogP contribution in [-0.2, 0) is 33.8 Å². The predicted molar refractivity (Wildman–Crippen MR) is 187 cm³/mol. The molecule has 0 radical (unpaired) electrons. The molecule has 1 atom stereocenters. The van der Waals surface area contributed by atoms with E-state index in [0.29, 0.717) is 63.4 Å². The fourth-order valence-electron chi connectivity index (χ4n) is 5.17. The highest BCUT2D eigenvalue weighted by atomic mass is 35.5. The summed E-state index contributed by atoms with van der Waals surface area (Å²) in [5.74, 6) is -0.0436. The number of aliphatic hydroxyl groups is 1. The molecule has 0 aliphatic rings. The maximum atomic E-state index is 13.1. The Morgan fingerprint density at radius 2 is 1.88 bits per heavy atom. The van der Waals surface area contributed by atoms with Crippen molar-refractivity contribution >= 4 is 58.1 Å². The summed E-state index contributed by atoms with van der Waals surface area (Å²) in [4.78, 5) is 51.3. The topological polar surface area (TPSA) is 151 Å². The molecule has 0 saturated heterocycles. The van der Waals surface area contributed by atoms with Gasteiger partial charge in [-0.3, -0.25) is 23.8 Å². The maximum Gasteiger partial charge on any atom is 0.246 e. The van der Waals surface area contributed by atoms with E-state index in [2.05, 4.69) is 20.6 Å². The molecule has 254 valence electrons. The van der Waals surface area contributed by atoms with Crippen LogP contribution in [0.3, 0.4) is 0 Å². The molecular formula is C35H35Cl2N7O5. The summed E-state index contributed by atoms with van der Waals surface area (Å²) >= 11 is 13.3. The first kappa shape index (κ1) is 35.3. The number of imidazole rings is 1. The second-order valence-corrected chi connectivity index (χ2v) is 11.9. The third kappa shape index (κ3) is 8.34. The van der Waals surface area contributed by atoms with Crippen molar-refractivity contribution in [1.82, 2.24) is 24.7 Å². The normalized spacial score (nSPS) is 11.6. The van der Waals surface area contributed by atoms with E-state index in [1.807, 2.05) is 13.0 Å². The summed E-state index contributed by atoms with van der Waals surface area (Å²) in [6, 6.07) is 15.6. The van der Waals surface area contributed by atoms with Crippen molar-refractivity contribution < 1.29 is 24.2 Å². The number of aliphatic hydroxyl groups excluding tert-OH is 1. The zero-order chi connectivity index (χ0) is 35.1. The van der Waals surface area contributed by atoms with Crippen molar-refractivity contribution in [2.24, 2.45) is 0 Å². The quantitative estimate of drug-likeness (QED) is 0.149. The van der Waals surface area contributed by atoms with Crippen LogP contribution in [0.25, 0.3) is 5.65 Å². The number of benzene rings is 1. The molecule has 5 rings (SSSR count). The number of carbonyl (C=O) groups is 3. The molecule has 0 bridgehead atoms. The lowest BCUT2D eigenvalue weighted by molar-refractivity contribution is -0.124. The molecule has 0 spiro atoms. The van der Waals surface area contributed by atoms with Crippen molar-refractivity contribution in [3.8, 4) is 5.75 Å². The van der Waals surface area contributed by atoms with E-state index < -0.39 is 6.10 Å². The molecule has 1 unspecified atom stereocenters. The van der Waals surface area contributed by atoms with Gasteiger partial charge in [-0.2, -0.15) is 0 Å². The molecule has 1 aromatic carbocycles. The number of hydrogen-bond acceptors (Lipinski definition) is 8. The van der Waals surface area contributed by atoms with Crippen LogP contribution in [-0.4, -0.2) is 55.8 Å². The summed E-state index contributed by atoms with van der Waals surface area (Å²) in [5, 5.41) is 17.0. The van der Waals surface area contributed by atoms with Gasteiger partial charge < -0.3 is 25.4 Å². The minimum Gasteiger partial charge on any atom is -0.485 e. The number of aryl methyl sites for hydroxylation is 2. The number of anilines is 2. The zero-order valence-corrected chi connectivity index (χ0v) is 28.6. The Labute approximate surface area is 293 Å². The molecule has 0 fully saturated rings. The fourth-order valence-corrected chi connectivity index (χ4v) is 5.78. The van der Waals surface area contributed by atoms with Crippen molar-refractivity contribution in [2.75, 3.05) is 23.8 Å². The van der Waals surface area contributed by atoms with Crippen LogP contribution in [0.2, 0.25) is 10.0 Å². The third-order valence-electron chi connectivity index (χ3n) is 7.77. The number of rotatable bonds is 13. The van der Waals surface area contributed by atoms with Crippen molar-refractivity contribution in [1.29, 1.82) is 0 Å². The van der Waals surface area contributed by atoms with Gasteiger partial charge in [0.05, 0.1) is 34.3 Å². The van der Waals surface area contributed by atoms with Crippen LogP contribution in [0.1, 0.15) is 54.6 Å². The molecule has 12 nitrogen and oxygen atoms in total. The Bertz CT molecular complexity index is 1970. The van der Waals surface area contributed by atoms with Gasteiger partial charge in [-0.1, -0.05) is 42.3 Å². The highest BCUT2D eigenvalue weighted by Gasteiger charge is 2.24. The number of carbonyl (C=O) groups excluding carboxylic acids is 3. The highest BCUT2D eigenvalue weighted by molar-refractivity contribution is 6.38. The number of fused-ring (bicyclic) bond motifs is 1. The first-order chi connectivity index (χ1) is 23.6. The number of nitrogens with one attached hydrogen (secondary N) is 2. The Morgan fingerprint density at radius 3 is 2.57 bits per heavy atom. The molecule has 0 aliphatic heterocycles. The van der Waals surface area contributed by atoms with Crippen molar-refractivity contribution in [2.45, 2.75) is 45.8 Å². The lowest BCUT2D eigenvalue weighted by Crippen LogP contribution is -2.38. The van der Waals surface area contributed by atoms with Crippen LogP contribution in [0.5, 0.6) is 5.75 Å². The molecule has 3 amide bonds. The number of pyridine rings is 3. The summed E-state index contributed by atoms with van der Waals surface area (Å²) in [5.41, 5.74) is 3.97. The molecule has 0 saturated carbocycles. The van der Waals surface area contributed by atoms with Crippen LogP contribution in [0.4, 0.5) is 11.5 Å². The van der Waals surface area contributed by atoms with Gasteiger partial charge in [-0.25, -0.2) is 9.97 Å². The van der Waals surface area contributed by atoms with E-state index in [-0.39, 0.29) is 42.3 Å². The molecular weight excluding hydrogens is 669 g/mol. The number of nitrogens with zero attached hydrogens (tertiary/aromatic N) is 5. The first-order valence-corrected chi connectivity index (χ1v) is 16.3. The average Bonchev–Trinajstić information content (AvgIpc) is 3.49. The lowest BCUT2D eigenvalue weighted by atomic mass is 10.1. The van der Waals surface area contributed by atoms with E-state index in [0.717, 1.165) is 5.56 Å². The van der Waals surface area contributed by atoms with Crippen LogP contribution in [0, 0.1) is 0 Å². The molecule has 4 heterocycles. The fraction of sp³-hybridized carbons (Fsp3) is 0.257. The average molecular weight is 705 g/mol. The van der Waals surface area contributed by atoms with E-state index >= 15 is 0 Å². The summed E-state index contributed by atoms with van der Waals surface area (Å²) < 4.78 is 7.98. The van der Waals surface area contributed by atoms with Gasteiger partial charge in [0.25, 0.3) is 0 Å². The number of amides is 3. The number of hydrogen-bond donors (Lipinski definition) is 3. The smallest absolute Gasteiger partial charge is 0.246 e. The largest absolute Gasteiger partial charge is 0.485 e. The van der Waals surface area contributed by atoms with Crippen LogP contribution in [0.15, 0.2) is 73.2 Å². The van der Waals surface area contributed by atoms with Gasteiger partial charge in [0.2, 0.25) is 17.7 Å².